The van der Waals surface area contributed by atoms with Gasteiger partial charge in [-0.1, -0.05) is 17.7 Å². The smallest absolute Gasteiger partial charge is 0.191 e. The van der Waals surface area contributed by atoms with Gasteiger partial charge in [0.05, 0.1) is 12.2 Å². The summed E-state index contributed by atoms with van der Waals surface area (Å²) in [5.74, 6) is 0.769. The minimum absolute atomic E-state index is 0.491. The predicted molar refractivity (Wildman–Crippen MR) is 93.6 cm³/mol. The number of nitrogens with one attached hydrogen (secondary N) is 2. The van der Waals surface area contributed by atoms with Gasteiger partial charge < -0.3 is 10.6 Å². The molecule has 0 aliphatic carbocycles. The second kappa shape index (κ2) is 7.97. The van der Waals surface area contributed by atoms with E-state index in [9.17, 15) is 0 Å². The molecule has 23 heavy (non-hydrogen) atoms. The fourth-order valence-electron chi connectivity index (χ4n) is 2.26. The third-order valence-electron chi connectivity index (χ3n) is 3.64. The standard InChI is InChI=1S/C16H23ClN6/c1-5-18-16(20-9-13-6-7-15(17)19-8-13)21-10-14-11(2)22-23(4)12(14)3/h6-8H,5,9-10H2,1-4H3,(H2,18,20,21). The van der Waals surface area contributed by atoms with Gasteiger partial charge in [0.1, 0.15) is 5.15 Å². The van der Waals surface area contributed by atoms with Crippen molar-refractivity contribution < 1.29 is 0 Å². The number of aromatic nitrogens is 3. The first-order chi connectivity index (χ1) is 11.0. The SMILES string of the molecule is CCNC(=NCc1ccc(Cl)nc1)NCc1c(C)nn(C)c1C. The van der Waals surface area contributed by atoms with Crippen LogP contribution in [0.1, 0.15) is 29.4 Å². The zero-order chi connectivity index (χ0) is 16.8. The van der Waals surface area contributed by atoms with Crippen LogP contribution >= 0.6 is 11.6 Å². The van der Waals surface area contributed by atoms with Crippen LogP contribution in [0.2, 0.25) is 5.15 Å². The summed E-state index contributed by atoms with van der Waals surface area (Å²) < 4.78 is 1.90. The van der Waals surface area contributed by atoms with Crippen molar-refractivity contribution >= 4 is 17.6 Å². The van der Waals surface area contributed by atoms with Gasteiger partial charge in [0.15, 0.2) is 5.96 Å². The van der Waals surface area contributed by atoms with Crippen molar-refractivity contribution in [2.75, 3.05) is 6.54 Å². The van der Waals surface area contributed by atoms with Crippen molar-refractivity contribution in [3.8, 4) is 0 Å². The Bertz CT molecular complexity index is 675. The van der Waals surface area contributed by atoms with E-state index in [1.165, 1.54) is 5.56 Å². The lowest BCUT2D eigenvalue weighted by molar-refractivity contribution is 0.728. The van der Waals surface area contributed by atoms with Gasteiger partial charge in [-0.15, -0.1) is 0 Å². The Morgan fingerprint density at radius 2 is 2.09 bits per heavy atom. The molecular weight excluding hydrogens is 312 g/mol. The molecule has 2 rings (SSSR count). The summed E-state index contributed by atoms with van der Waals surface area (Å²) in [4.78, 5) is 8.65. The van der Waals surface area contributed by atoms with E-state index in [0.717, 1.165) is 29.5 Å². The Hall–Kier alpha value is -2.08. The largest absolute Gasteiger partial charge is 0.357 e. The molecule has 0 aliphatic rings. The van der Waals surface area contributed by atoms with Crippen molar-refractivity contribution in [3.63, 3.8) is 0 Å². The average Bonchev–Trinajstić information content (AvgIpc) is 2.77. The van der Waals surface area contributed by atoms with Gasteiger partial charge in [0, 0.05) is 37.6 Å². The molecule has 6 nitrogen and oxygen atoms in total. The van der Waals surface area contributed by atoms with Crippen LogP contribution in [0.15, 0.2) is 23.3 Å². The first kappa shape index (κ1) is 17.3. The van der Waals surface area contributed by atoms with Crippen molar-refractivity contribution in [2.45, 2.75) is 33.9 Å². The lowest BCUT2D eigenvalue weighted by Crippen LogP contribution is -2.37. The average molecular weight is 335 g/mol. The van der Waals surface area contributed by atoms with E-state index in [4.69, 9.17) is 11.6 Å². The number of pyridine rings is 1. The van der Waals surface area contributed by atoms with Crippen molar-refractivity contribution in [2.24, 2.45) is 12.0 Å². The molecule has 2 aromatic rings. The third-order valence-corrected chi connectivity index (χ3v) is 3.87. The maximum atomic E-state index is 5.79. The van der Waals surface area contributed by atoms with E-state index in [2.05, 4.69) is 32.6 Å². The Balaban J connectivity index is 2.03. The van der Waals surface area contributed by atoms with E-state index in [-0.39, 0.29) is 0 Å². The van der Waals surface area contributed by atoms with Crippen LogP contribution < -0.4 is 10.6 Å². The van der Waals surface area contributed by atoms with Gasteiger partial charge in [-0.05, 0) is 32.4 Å². The number of hydrogen-bond donors (Lipinski definition) is 2. The van der Waals surface area contributed by atoms with Crippen molar-refractivity contribution in [3.05, 3.63) is 46.0 Å². The Morgan fingerprint density at radius 1 is 1.30 bits per heavy atom. The first-order valence-electron chi connectivity index (χ1n) is 7.63. The molecule has 2 N–H and O–H groups in total. The minimum Gasteiger partial charge on any atom is -0.357 e. The summed E-state index contributed by atoms with van der Waals surface area (Å²) in [5, 5.41) is 11.5. The predicted octanol–water partition coefficient (Wildman–Crippen LogP) is 2.34. The Morgan fingerprint density at radius 3 is 2.65 bits per heavy atom. The van der Waals surface area contributed by atoms with Crippen LogP contribution in [0, 0.1) is 13.8 Å². The highest BCUT2D eigenvalue weighted by Gasteiger charge is 2.09. The number of aliphatic imine (C=N–C) groups is 1. The molecule has 0 atom stereocenters. The second-order valence-electron chi connectivity index (χ2n) is 5.31. The van der Waals surface area contributed by atoms with Gasteiger partial charge in [-0.3, -0.25) is 4.68 Å². The van der Waals surface area contributed by atoms with Gasteiger partial charge in [0.25, 0.3) is 0 Å². The number of nitrogens with zero attached hydrogens (tertiary/aromatic N) is 4. The molecule has 0 fully saturated rings. The van der Waals surface area contributed by atoms with Gasteiger partial charge >= 0.3 is 0 Å². The van der Waals surface area contributed by atoms with Gasteiger partial charge in [-0.25, -0.2) is 9.98 Å². The zero-order valence-corrected chi connectivity index (χ0v) is 14.8. The normalized spacial score (nSPS) is 11.6. The summed E-state index contributed by atoms with van der Waals surface area (Å²) >= 11 is 5.79. The fraction of sp³-hybridized carbons (Fsp3) is 0.438. The molecule has 124 valence electrons. The molecule has 0 bridgehead atoms. The summed E-state index contributed by atoms with van der Waals surface area (Å²) in [7, 11) is 1.96. The van der Waals surface area contributed by atoms with Crippen molar-refractivity contribution in [1.29, 1.82) is 0 Å². The highest BCUT2D eigenvalue weighted by atomic mass is 35.5. The van der Waals surface area contributed by atoms with Crippen LogP contribution in [0.25, 0.3) is 0 Å². The quantitative estimate of drug-likeness (QED) is 0.500. The van der Waals surface area contributed by atoms with Gasteiger partial charge in [-0.2, -0.15) is 5.10 Å². The Labute approximate surface area is 142 Å². The van der Waals surface area contributed by atoms with E-state index < -0.39 is 0 Å². The molecule has 0 spiro atoms. The van der Waals surface area contributed by atoms with Crippen LogP contribution in [-0.4, -0.2) is 27.3 Å². The molecular formula is C16H23ClN6. The topological polar surface area (TPSA) is 67.1 Å². The molecule has 7 heteroatoms. The minimum atomic E-state index is 0.491. The van der Waals surface area contributed by atoms with Crippen LogP contribution in [-0.2, 0) is 20.1 Å². The van der Waals surface area contributed by atoms with Crippen LogP contribution in [0.3, 0.4) is 0 Å². The monoisotopic (exact) mass is 334 g/mol. The van der Waals surface area contributed by atoms with Gasteiger partial charge in [0.2, 0.25) is 0 Å². The van der Waals surface area contributed by atoms with Crippen molar-refractivity contribution in [1.82, 2.24) is 25.4 Å². The maximum Gasteiger partial charge on any atom is 0.191 e. The summed E-state index contributed by atoms with van der Waals surface area (Å²) in [6.45, 7) is 8.17. The van der Waals surface area contributed by atoms with E-state index in [1.54, 1.807) is 12.3 Å². The summed E-state index contributed by atoms with van der Waals surface area (Å²) in [5.41, 5.74) is 4.41. The Kier molecular flexibility index (Phi) is 5.98. The molecule has 0 unspecified atom stereocenters. The number of guanidine groups is 1. The lowest BCUT2D eigenvalue weighted by Gasteiger charge is -2.11. The first-order valence-corrected chi connectivity index (χ1v) is 8.00. The van der Waals surface area contributed by atoms with Crippen LogP contribution in [0.5, 0.6) is 0 Å². The number of hydrogen-bond acceptors (Lipinski definition) is 3. The van der Waals surface area contributed by atoms with E-state index in [1.807, 2.05) is 31.6 Å². The molecule has 2 aromatic heterocycles. The van der Waals surface area contributed by atoms with E-state index >= 15 is 0 Å². The highest BCUT2D eigenvalue weighted by molar-refractivity contribution is 6.29. The molecule has 0 saturated heterocycles. The van der Waals surface area contributed by atoms with E-state index in [0.29, 0.717) is 18.2 Å². The molecule has 0 amide bonds. The van der Waals surface area contributed by atoms with Crippen LogP contribution in [0.4, 0.5) is 0 Å². The second-order valence-corrected chi connectivity index (χ2v) is 5.70. The lowest BCUT2D eigenvalue weighted by atomic mass is 10.2. The summed E-state index contributed by atoms with van der Waals surface area (Å²) in [6, 6.07) is 3.70. The molecule has 0 radical (unpaired) electrons. The third kappa shape index (κ3) is 4.69. The maximum absolute atomic E-state index is 5.79. The zero-order valence-electron chi connectivity index (χ0n) is 14.0. The molecule has 2 heterocycles. The number of aryl methyl sites for hydroxylation is 2. The molecule has 0 saturated carbocycles. The number of halogens is 1. The molecule has 0 aromatic carbocycles. The summed E-state index contributed by atoms with van der Waals surface area (Å²) in [6.07, 6.45) is 1.74. The highest BCUT2D eigenvalue weighted by Crippen LogP contribution is 2.11. The number of rotatable bonds is 5. The fourth-order valence-corrected chi connectivity index (χ4v) is 2.37. The molecule has 0 aliphatic heterocycles.